The van der Waals surface area contributed by atoms with Gasteiger partial charge in [-0.3, -0.25) is 4.79 Å². The van der Waals surface area contributed by atoms with Crippen LogP contribution in [0.2, 0.25) is 0 Å². The van der Waals surface area contributed by atoms with Gasteiger partial charge in [0.15, 0.2) is 5.78 Å². The third kappa shape index (κ3) is 5.73. The summed E-state index contributed by atoms with van der Waals surface area (Å²) in [6, 6.07) is 7.93. The smallest absolute Gasteiger partial charge is 0.330 e. The predicted molar refractivity (Wildman–Crippen MR) is 70.7 cm³/mol. The average Bonchev–Trinajstić information content (AvgIpc) is 2.39. The fourth-order valence-corrected chi connectivity index (χ4v) is 1.55. The summed E-state index contributed by atoms with van der Waals surface area (Å²) in [4.78, 5) is 22.6. The van der Waals surface area contributed by atoms with E-state index in [-0.39, 0.29) is 12.2 Å². The molecule has 0 aliphatic carbocycles. The average molecular weight is 282 g/mol. The minimum absolute atomic E-state index is 0.187. The molecule has 0 amide bonds. The summed E-state index contributed by atoms with van der Waals surface area (Å²) in [6.45, 7) is 1.81. The van der Waals surface area contributed by atoms with Crippen molar-refractivity contribution in [2.24, 2.45) is 0 Å². The van der Waals surface area contributed by atoms with Gasteiger partial charge in [0.1, 0.15) is 0 Å². The number of ether oxygens (including phenoxy) is 1. The summed E-state index contributed by atoms with van der Waals surface area (Å²) in [5.74, 6) is -4.48. The third-order valence-corrected chi connectivity index (χ3v) is 2.47. The normalized spacial score (nSPS) is 11.6. The third-order valence-electron chi connectivity index (χ3n) is 2.47. The standard InChI is InChI=1S/C15H16F2O3/c1-2-20-14(19)9-6-10-15(16,17)11-13(18)12-7-4-3-5-8-12/h3-9H,2,10-11H2,1H3/b9-6+. The van der Waals surface area contributed by atoms with Gasteiger partial charge in [-0.25, -0.2) is 13.6 Å². The fraction of sp³-hybridized carbons (Fsp3) is 0.333. The van der Waals surface area contributed by atoms with Crippen molar-refractivity contribution >= 4 is 11.8 Å². The molecule has 0 fully saturated rings. The number of benzene rings is 1. The summed E-state index contributed by atoms with van der Waals surface area (Å²) in [7, 11) is 0. The Kier molecular flexibility index (Phi) is 6.03. The second-order valence-corrected chi connectivity index (χ2v) is 4.18. The lowest BCUT2D eigenvalue weighted by molar-refractivity contribution is -0.137. The highest BCUT2D eigenvalue weighted by molar-refractivity contribution is 5.96. The Bertz CT molecular complexity index is 481. The number of ketones is 1. The highest BCUT2D eigenvalue weighted by atomic mass is 19.3. The summed E-state index contributed by atoms with van der Waals surface area (Å²) in [5, 5.41) is 0. The Morgan fingerprint density at radius 3 is 2.50 bits per heavy atom. The van der Waals surface area contributed by atoms with Gasteiger partial charge in [-0.05, 0) is 6.92 Å². The molecular formula is C15H16F2O3. The molecule has 3 nitrogen and oxygen atoms in total. The molecule has 0 bridgehead atoms. The molecule has 0 spiro atoms. The SMILES string of the molecule is CCOC(=O)/C=C/CC(F)(F)CC(=O)c1ccccc1. The molecule has 0 aliphatic heterocycles. The monoisotopic (exact) mass is 282 g/mol. The number of esters is 1. The molecule has 0 heterocycles. The van der Waals surface area contributed by atoms with Gasteiger partial charge in [0.2, 0.25) is 0 Å². The Morgan fingerprint density at radius 2 is 1.90 bits per heavy atom. The van der Waals surface area contributed by atoms with E-state index in [9.17, 15) is 18.4 Å². The minimum Gasteiger partial charge on any atom is -0.463 e. The lowest BCUT2D eigenvalue weighted by Crippen LogP contribution is -2.20. The predicted octanol–water partition coefficient (Wildman–Crippen LogP) is 3.40. The van der Waals surface area contributed by atoms with E-state index in [0.29, 0.717) is 0 Å². The van der Waals surface area contributed by atoms with Gasteiger partial charge in [-0.2, -0.15) is 0 Å². The molecule has 1 aromatic rings. The van der Waals surface area contributed by atoms with Gasteiger partial charge >= 0.3 is 5.97 Å². The van der Waals surface area contributed by atoms with Crippen LogP contribution < -0.4 is 0 Å². The van der Waals surface area contributed by atoms with Crippen LogP contribution in [0.25, 0.3) is 0 Å². The van der Waals surface area contributed by atoms with Crippen LogP contribution in [0.15, 0.2) is 42.5 Å². The Labute approximate surface area is 116 Å². The van der Waals surface area contributed by atoms with E-state index in [1.165, 1.54) is 12.1 Å². The van der Waals surface area contributed by atoms with Crippen LogP contribution in [0, 0.1) is 0 Å². The van der Waals surface area contributed by atoms with Crippen molar-refractivity contribution in [3.63, 3.8) is 0 Å². The van der Waals surface area contributed by atoms with Crippen LogP contribution in [-0.2, 0) is 9.53 Å². The van der Waals surface area contributed by atoms with Gasteiger partial charge < -0.3 is 4.74 Å². The van der Waals surface area contributed by atoms with Gasteiger partial charge in [0.05, 0.1) is 13.0 Å². The number of carbonyl (C=O) groups excluding carboxylic acids is 2. The molecule has 108 valence electrons. The number of rotatable bonds is 7. The highest BCUT2D eigenvalue weighted by Crippen LogP contribution is 2.25. The molecule has 0 aliphatic rings. The van der Waals surface area contributed by atoms with E-state index in [4.69, 9.17) is 0 Å². The van der Waals surface area contributed by atoms with E-state index in [2.05, 4.69) is 4.74 Å². The van der Waals surface area contributed by atoms with Crippen LogP contribution >= 0.6 is 0 Å². The van der Waals surface area contributed by atoms with Crippen molar-refractivity contribution in [1.82, 2.24) is 0 Å². The zero-order valence-corrected chi connectivity index (χ0v) is 11.1. The first-order valence-electron chi connectivity index (χ1n) is 6.24. The molecule has 0 unspecified atom stereocenters. The van der Waals surface area contributed by atoms with Gasteiger partial charge in [0.25, 0.3) is 5.92 Å². The Hall–Kier alpha value is -2.04. The van der Waals surface area contributed by atoms with E-state index < -0.39 is 30.5 Å². The van der Waals surface area contributed by atoms with Gasteiger partial charge in [-0.15, -0.1) is 0 Å². The first-order chi connectivity index (χ1) is 9.44. The molecule has 5 heteroatoms. The molecular weight excluding hydrogens is 266 g/mol. The van der Waals surface area contributed by atoms with Crippen LogP contribution in [0.4, 0.5) is 8.78 Å². The van der Waals surface area contributed by atoms with E-state index in [1.54, 1.807) is 25.1 Å². The van der Waals surface area contributed by atoms with E-state index in [0.717, 1.165) is 12.2 Å². The van der Waals surface area contributed by atoms with Crippen LogP contribution in [0.5, 0.6) is 0 Å². The van der Waals surface area contributed by atoms with Crippen LogP contribution in [0.3, 0.4) is 0 Å². The van der Waals surface area contributed by atoms with Crippen molar-refractivity contribution in [3.05, 3.63) is 48.0 Å². The number of Topliss-reactive ketones (excluding diaryl/α,β-unsaturated/α-hetero) is 1. The van der Waals surface area contributed by atoms with Crippen molar-refractivity contribution in [1.29, 1.82) is 0 Å². The molecule has 0 saturated heterocycles. The van der Waals surface area contributed by atoms with Crippen molar-refractivity contribution in [3.8, 4) is 0 Å². The molecule has 0 atom stereocenters. The quantitative estimate of drug-likeness (QED) is 0.437. The van der Waals surface area contributed by atoms with Gasteiger partial charge in [-0.1, -0.05) is 36.4 Å². The molecule has 0 N–H and O–H groups in total. The number of halogens is 2. The topological polar surface area (TPSA) is 43.4 Å². The maximum absolute atomic E-state index is 13.6. The highest BCUT2D eigenvalue weighted by Gasteiger charge is 2.31. The molecule has 0 aromatic heterocycles. The largest absolute Gasteiger partial charge is 0.463 e. The maximum atomic E-state index is 13.6. The van der Waals surface area contributed by atoms with Crippen LogP contribution in [0.1, 0.15) is 30.1 Å². The lowest BCUT2D eigenvalue weighted by Gasteiger charge is -2.13. The first kappa shape index (κ1) is 16.0. The summed E-state index contributed by atoms with van der Waals surface area (Å²) >= 11 is 0. The maximum Gasteiger partial charge on any atom is 0.330 e. The second kappa shape index (κ2) is 7.53. The zero-order chi connectivity index (χ0) is 15.0. The molecule has 1 rings (SSSR count). The van der Waals surface area contributed by atoms with Crippen LogP contribution in [-0.4, -0.2) is 24.3 Å². The van der Waals surface area contributed by atoms with E-state index >= 15 is 0 Å². The van der Waals surface area contributed by atoms with Crippen molar-refractivity contribution < 1.29 is 23.1 Å². The summed E-state index contributed by atoms with van der Waals surface area (Å²) in [5.41, 5.74) is 0.251. The number of alkyl halides is 2. The fourth-order valence-electron chi connectivity index (χ4n) is 1.55. The summed E-state index contributed by atoms with van der Waals surface area (Å²) in [6.07, 6.45) is 0.412. The minimum atomic E-state index is -3.18. The number of carbonyl (C=O) groups is 2. The zero-order valence-electron chi connectivity index (χ0n) is 11.1. The number of allylic oxidation sites excluding steroid dienone is 1. The van der Waals surface area contributed by atoms with Gasteiger partial charge in [0, 0.05) is 18.1 Å². The van der Waals surface area contributed by atoms with Crippen molar-refractivity contribution in [2.45, 2.75) is 25.7 Å². The Morgan fingerprint density at radius 1 is 1.25 bits per heavy atom. The molecule has 0 radical (unpaired) electrons. The van der Waals surface area contributed by atoms with Crippen molar-refractivity contribution in [2.75, 3.05) is 6.61 Å². The Balaban J connectivity index is 2.53. The molecule has 20 heavy (non-hydrogen) atoms. The number of hydrogen-bond acceptors (Lipinski definition) is 3. The number of hydrogen-bond donors (Lipinski definition) is 0. The molecule has 1 aromatic carbocycles. The lowest BCUT2D eigenvalue weighted by atomic mass is 10.0. The second-order valence-electron chi connectivity index (χ2n) is 4.18. The first-order valence-corrected chi connectivity index (χ1v) is 6.24. The molecule has 0 saturated carbocycles. The summed E-state index contributed by atoms with van der Waals surface area (Å²) < 4.78 is 31.7. The van der Waals surface area contributed by atoms with E-state index in [1.807, 2.05) is 0 Å².